The SMILES string of the molecule is O=C(NCCC1CCC1)N[C@@H](C(=O)O)c1ccccc1Cl. The Hall–Kier alpha value is -1.75. The monoisotopic (exact) mass is 310 g/mol. The van der Waals surface area contributed by atoms with Crippen LogP contribution in [0.2, 0.25) is 5.02 Å². The fourth-order valence-corrected chi connectivity index (χ4v) is 2.58. The van der Waals surface area contributed by atoms with E-state index in [1.165, 1.54) is 19.3 Å². The van der Waals surface area contributed by atoms with Crippen LogP contribution in [-0.4, -0.2) is 23.7 Å². The van der Waals surface area contributed by atoms with Crippen LogP contribution in [0.15, 0.2) is 24.3 Å². The second-order valence-corrected chi connectivity index (χ2v) is 5.69. The molecule has 0 spiro atoms. The van der Waals surface area contributed by atoms with E-state index in [-0.39, 0.29) is 0 Å². The van der Waals surface area contributed by atoms with Crippen LogP contribution in [0.25, 0.3) is 0 Å². The molecule has 2 rings (SSSR count). The lowest BCUT2D eigenvalue weighted by atomic mass is 9.83. The molecule has 2 amide bonds. The fraction of sp³-hybridized carbons (Fsp3) is 0.467. The van der Waals surface area contributed by atoms with Crippen molar-refractivity contribution >= 4 is 23.6 Å². The molecule has 1 aromatic carbocycles. The van der Waals surface area contributed by atoms with Crippen molar-refractivity contribution in [1.82, 2.24) is 10.6 Å². The van der Waals surface area contributed by atoms with Gasteiger partial charge in [-0.2, -0.15) is 0 Å². The number of amides is 2. The molecule has 0 aliphatic heterocycles. The molecule has 0 aromatic heterocycles. The first-order valence-corrected chi connectivity index (χ1v) is 7.47. The average Bonchev–Trinajstić information content (AvgIpc) is 2.39. The van der Waals surface area contributed by atoms with E-state index in [2.05, 4.69) is 10.6 Å². The Morgan fingerprint density at radius 2 is 2.05 bits per heavy atom. The second-order valence-electron chi connectivity index (χ2n) is 5.28. The summed E-state index contributed by atoms with van der Waals surface area (Å²) in [5, 5.41) is 14.7. The van der Waals surface area contributed by atoms with Gasteiger partial charge in [-0.25, -0.2) is 9.59 Å². The summed E-state index contributed by atoms with van der Waals surface area (Å²) in [5.41, 5.74) is 0.376. The summed E-state index contributed by atoms with van der Waals surface area (Å²) in [6, 6.07) is 4.96. The predicted octanol–water partition coefficient (Wildman–Crippen LogP) is 2.96. The number of rotatable bonds is 6. The summed E-state index contributed by atoms with van der Waals surface area (Å²) in [7, 11) is 0. The van der Waals surface area contributed by atoms with Gasteiger partial charge < -0.3 is 15.7 Å². The van der Waals surface area contributed by atoms with Crippen LogP contribution in [0, 0.1) is 5.92 Å². The molecule has 1 aromatic rings. The zero-order valence-corrected chi connectivity index (χ0v) is 12.4. The van der Waals surface area contributed by atoms with E-state index < -0.39 is 18.0 Å². The third-order valence-corrected chi connectivity index (χ3v) is 4.15. The van der Waals surface area contributed by atoms with Gasteiger partial charge in [0.25, 0.3) is 0 Å². The first-order chi connectivity index (χ1) is 10.1. The van der Waals surface area contributed by atoms with Gasteiger partial charge in [0, 0.05) is 17.1 Å². The topological polar surface area (TPSA) is 78.4 Å². The van der Waals surface area contributed by atoms with E-state index in [0.29, 0.717) is 23.0 Å². The predicted molar refractivity (Wildman–Crippen MR) is 80.3 cm³/mol. The Morgan fingerprint density at radius 3 is 2.62 bits per heavy atom. The van der Waals surface area contributed by atoms with Crippen molar-refractivity contribution < 1.29 is 14.7 Å². The van der Waals surface area contributed by atoms with Crippen LogP contribution in [-0.2, 0) is 4.79 Å². The first-order valence-electron chi connectivity index (χ1n) is 7.09. The molecule has 6 heteroatoms. The number of carbonyl (C=O) groups excluding carboxylic acids is 1. The van der Waals surface area contributed by atoms with Crippen LogP contribution >= 0.6 is 11.6 Å². The van der Waals surface area contributed by atoms with Crippen molar-refractivity contribution in [2.75, 3.05) is 6.54 Å². The van der Waals surface area contributed by atoms with Crippen molar-refractivity contribution in [1.29, 1.82) is 0 Å². The lowest BCUT2D eigenvalue weighted by Gasteiger charge is -2.25. The summed E-state index contributed by atoms with van der Waals surface area (Å²) < 4.78 is 0. The first kappa shape index (κ1) is 15.6. The molecule has 0 heterocycles. The largest absolute Gasteiger partial charge is 0.479 e. The maximum atomic E-state index is 11.8. The zero-order valence-electron chi connectivity index (χ0n) is 11.6. The van der Waals surface area contributed by atoms with Crippen LogP contribution in [0.1, 0.15) is 37.3 Å². The maximum Gasteiger partial charge on any atom is 0.331 e. The van der Waals surface area contributed by atoms with E-state index in [9.17, 15) is 14.7 Å². The van der Waals surface area contributed by atoms with Crippen molar-refractivity contribution in [3.8, 4) is 0 Å². The molecular formula is C15H19ClN2O3. The molecule has 0 radical (unpaired) electrons. The lowest BCUT2D eigenvalue weighted by Crippen LogP contribution is -2.41. The van der Waals surface area contributed by atoms with Gasteiger partial charge in [-0.1, -0.05) is 49.1 Å². The van der Waals surface area contributed by atoms with Crippen molar-refractivity contribution in [2.45, 2.75) is 31.7 Å². The van der Waals surface area contributed by atoms with Gasteiger partial charge in [0.05, 0.1) is 0 Å². The fourth-order valence-electron chi connectivity index (χ4n) is 2.34. The van der Waals surface area contributed by atoms with E-state index in [4.69, 9.17) is 11.6 Å². The Morgan fingerprint density at radius 1 is 1.33 bits per heavy atom. The molecule has 1 aliphatic carbocycles. The highest BCUT2D eigenvalue weighted by atomic mass is 35.5. The molecule has 3 N–H and O–H groups in total. The molecule has 1 atom stereocenters. The van der Waals surface area contributed by atoms with Gasteiger partial charge in [-0.15, -0.1) is 0 Å². The minimum absolute atomic E-state index is 0.319. The molecule has 114 valence electrons. The number of halogens is 1. The average molecular weight is 311 g/mol. The van der Waals surface area contributed by atoms with Gasteiger partial charge in [-0.05, 0) is 18.4 Å². The Kier molecular flexibility index (Phi) is 5.44. The number of carboxylic acid groups (broad SMARTS) is 1. The smallest absolute Gasteiger partial charge is 0.331 e. The number of carboxylic acids is 1. The standard InChI is InChI=1S/C15H19ClN2O3/c16-12-7-2-1-6-11(12)13(14(19)20)18-15(21)17-9-8-10-4-3-5-10/h1-2,6-7,10,13H,3-5,8-9H2,(H,19,20)(H2,17,18,21)/t13-/m1/s1. The molecule has 1 aliphatic rings. The number of urea groups is 1. The molecule has 0 bridgehead atoms. The number of hydrogen-bond donors (Lipinski definition) is 3. The molecular weight excluding hydrogens is 292 g/mol. The summed E-state index contributed by atoms with van der Waals surface area (Å²) >= 11 is 5.98. The maximum absolute atomic E-state index is 11.8. The molecule has 21 heavy (non-hydrogen) atoms. The number of hydrogen-bond acceptors (Lipinski definition) is 2. The molecule has 1 saturated carbocycles. The van der Waals surface area contributed by atoms with E-state index >= 15 is 0 Å². The van der Waals surface area contributed by atoms with E-state index in [1.807, 2.05) is 0 Å². The lowest BCUT2D eigenvalue weighted by molar-refractivity contribution is -0.139. The number of benzene rings is 1. The van der Waals surface area contributed by atoms with E-state index in [1.54, 1.807) is 24.3 Å². The number of carbonyl (C=O) groups is 2. The van der Waals surface area contributed by atoms with E-state index in [0.717, 1.165) is 6.42 Å². The Labute approximate surface area is 128 Å². The van der Waals surface area contributed by atoms with Crippen molar-refractivity contribution in [3.05, 3.63) is 34.9 Å². The highest BCUT2D eigenvalue weighted by Crippen LogP contribution is 2.28. The zero-order chi connectivity index (χ0) is 15.2. The molecule has 0 unspecified atom stereocenters. The van der Waals surface area contributed by atoms with Crippen LogP contribution in [0.3, 0.4) is 0 Å². The van der Waals surface area contributed by atoms with Gasteiger partial charge in [0.2, 0.25) is 0 Å². The van der Waals surface area contributed by atoms with Crippen LogP contribution in [0.4, 0.5) is 4.79 Å². The quantitative estimate of drug-likeness (QED) is 0.756. The second kappa shape index (κ2) is 7.31. The highest BCUT2D eigenvalue weighted by molar-refractivity contribution is 6.31. The highest BCUT2D eigenvalue weighted by Gasteiger charge is 2.24. The Balaban J connectivity index is 1.88. The summed E-state index contributed by atoms with van der Waals surface area (Å²) in [6.07, 6.45) is 4.66. The van der Waals surface area contributed by atoms with Gasteiger partial charge >= 0.3 is 12.0 Å². The van der Waals surface area contributed by atoms with Crippen molar-refractivity contribution in [3.63, 3.8) is 0 Å². The summed E-state index contributed by atoms with van der Waals surface area (Å²) in [5.74, 6) is -0.443. The van der Waals surface area contributed by atoms with Crippen LogP contribution < -0.4 is 10.6 Å². The third-order valence-electron chi connectivity index (χ3n) is 3.80. The molecule has 5 nitrogen and oxygen atoms in total. The third kappa shape index (κ3) is 4.36. The van der Waals surface area contributed by atoms with Gasteiger partial charge in [0.15, 0.2) is 6.04 Å². The summed E-state index contributed by atoms with van der Waals surface area (Å²) in [6.45, 7) is 0.561. The number of nitrogens with one attached hydrogen (secondary N) is 2. The van der Waals surface area contributed by atoms with Crippen LogP contribution in [0.5, 0.6) is 0 Å². The normalized spacial score (nSPS) is 15.9. The molecule has 1 fully saturated rings. The summed E-state index contributed by atoms with van der Waals surface area (Å²) in [4.78, 5) is 23.1. The minimum Gasteiger partial charge on any atom is -0.479 e. The van der Waals surface area contributed by atoms with Gasteiger partial charge in [-0.3, -0.25) is 0 Å². The van der Waals surface area contributed by atoms with Gasteiger partial charge in [0.1, 0.15) is 0 Å². The Bertz CT molecular complexity index is 517. The minimum atomic E-state index is -1.15. The molecule has 0 saturated heterocycles. The number of aliphatic carboxylic acids is 1. The van der Waals surface area contributed by atoms with Crippen molar-refractivity contribution in [2.24, 2.45) is 5.92 Å².